The molecule has 0 heterocycles. The molecule has 0 fully saturated rings. The molecule has 0 atom stereocenters. The van der Waals surface area contributed by atoms with Crippen LogP contribution in [0.1, 0.15) is 44.7 Å². The lowest BCUT2D eigenvalue weighted by molar-refractivity contribution is 0.475. The van der Waals surface area contributed by atoms with Crippen LogP contribution in [0.2, 0.25) is 0 Å². The summed E-state index contributed by atoms with van der Waals surface area (Å²) < 4.78 is 0. The van der Waals surface area contributed by atoms with Gasteiger partial charge in [0.2, 0.25) is 0 Å². The fraction of sp³-hybridized carbons (Fsp3) is 0.500. The Kier molecular flexibility index (Phi) is 4.94. The number of benzene rings is 1. The molecule has 0 aliphatic carbocycles. The Morgan fingerprint density at radius 1 is 1.12 bits per heavy atom. The van der Waals surface area contributed by atoms with E-state index in [0.29, 0.717) is 5.92 Å². The van der Waals surface area contributed by atoms with Crippen LogP contribution < -0.4 is 0 Å². The van der Waals surface area contributed by atoms with E-state index in [4.69, 9.17) is 12.2 Å². The fourth-order valence-corrected chi connectivity index (χ4v) is 2.10. The zero-order valence-corrected chi connectivity index (χ0v) is 11.5. The van der Waals surface area contributed by atoms with Crippen LogP contribution in [0.3, 0.4) is 0 Å². The van der Waals surface area contributed by atoms with Crippen LogP contribution in [0.25, 0.3) is 0 Å². The molecule has 0 saturated carbocycles. The molecule has 1 rings (SSSR count). The van der Waals surface area contributed by atoms with Crippen molar-refractivity contribution in [2.45, 2.75) is 33.6 Å². The zero-order valence-electron chi connectivity index (χ0n) is 10.7. The molecule has 0 N–H and O–H groups in total. The molecule has 0 unspecified atom stereocenters. The van der Waals surface area contributed by atoms with E-state index < -0.39 is 0 Å². The van der Waals surface area contributed by atoms with Crippen LogP contribution in [0, 0.1) is 0 Å². The molecule has 0 aromatic heterocycles. The Bertz CT molecular complexity index is 336. The summed E-state index contributed by atoms with van der Waals surface area (Å²) in [6.45, 7) is 10.6. The second kappa shape index (κ2) is 6.00. The molecule has 0 saturated heterocycles. The van der Waals surface area contributed by atoms with Gasteiger partial charge in [0.1, 0.15) is 4.99 Å². The van der Waals surface area contributed by atoms with E-state index in [2.05, 4.69) is 56.9 Å². The highest BCUT2D eigenvalue weighted by Gasteiger charge is 2.08. The highest BCUT2D eigenvalue weighted by atomic mass is 32.1. The SMILES string of the molecule is CCN(CC)C(=S)c1ccc(C(C)C)cc1. The predicted molar refractivity (Wildman–Crippen MR) is 75.2 cm³/mol. The smallest absolute Gasteiger partial charge is 0.109 e. The first-order valence-corrected chi connectivity index (χ1v) is 6.40. The van der Waals surface area contributed by atoms with Gasteiger partial charge in [-0.1, -0.05) is 50.3 Å². The number of hydrogen-bond donors (Lipinski definition) is 0. The van der Waals surface area contributed by atoms with E-state index in [9.17, 15) is 0 Å². The third-order valence-electron chi connectivity index (χ3n) is 2.87. The van der Waals surface area contributed by atoms with E-state index in [-0.39, 0.29) is 0 Å². The van der Waals surface area contributed by atoms with Gasteiger partial charge in [-0.2, -0.15) is 0 Å². The van der Waals surface area contributed by atoms with Crippen LogP contribution in [0.4, 0.5) is 0 Å². The first-order valence-electron chi connectivity index (χ1n) is 5.99. The van der Waals surface area contributed by atoms with E-state index in [1.165, 1.54) is 5.56 Å². The molecule has 0 aliphatic heterocycles. The average Bonchev–Trinajstić information content (AvgIpc) is 2.30. The van der Waals surface area contributed by atoms with Gasteiger partial charge in [0.25, 0.3) is 0 Å². The molecule has 0 bridgehead atoms. The lowest BCUT2D eigenvalue weighted by atomic mass is 10.0. The molecular formula is C14H21NS. The van der Waals surface area contributed by atoms with Crippen molar-refractivity contribution in [1.82, 2.24) is 4.90 Å². The molecule has 1 aromatic rings. The topological polar surface area (TPSA) is 3.24 Å². The second-order valence-electron chi connectivity index (χ2n) is 4.25. The predicted octanol–water partition coefficient (Wildman–Crippen LogP) is 3.83. The molecule has 16 heavy (non-hydrogen) atoms. The minimum Gasteiger partial charge on any atom is -0.363 e. The number of rotatable bonds is 4. The maximum atomic E-state index is 5.48. The number of thiocarbonyl (C=S) groups is 1. The van der Waals surface area contributed by atoms with Crippen LogP contribution in [-0.4, -0.2) is 23.0 Å². The van der Waals surface area contributed by atoms with Gasteiger partial charge in [0.05, 0.1) is 0 Å². The Morgan fingerprint density at radius 2 is 1.62 bits per heavy atom. The van der Waals surface area contributed by atoms with Gasteiger partial charge >= 0.3 is 0 Å². The molecule has 88 valence electrons. The summed E-state index contributed by atoms with van der Waals surface area (Å²) in [5.41, 5.74) is 2.52. The van der Waals surface area contributed by atoms with Crippen LogP contribution in [0.15, 0.2) is 24.3 Å². The van der Waals surface area contributed by atoms with Crippen LogP contribution in [-0.2, 0) is 0 Å². The summed E-state index contributed by atoms with van der Waals surface area (Å²) >= 11 is 5.48. The summed E-state index contributed by atoms with van der Waals surface area (Å²) in [6, 6.07) is 8.62. The molecule has 2 heteroatoms. The standard InChI is InChI=1S/C14H21NS/c1-5-15(6-2)14(16)13-9-7-12(8-10-13)11(3)4/h7-11H,5-6H2,1-4H3. The third kappa shape index (κ3) is 3.05. The fourth-order valence-electron chi connectivity index (χ4n) is 1.70. The van der Waals surface area contributed by atoms with Gasteiger partial charge in [0.15, 0.2) is 0 Å². The van der Waals surface area contributed by atoms with E-state index in [0.717, 1.165) is 23.6 Å². The summed E-state index contributed by atoms with van der Waals surface area (Å²) in [7, 11) is 0. The maximum absolute atomic E-state index is 5.48. The van der Waals surface area contributed by atoms with Crippen molar-refractivity contribution < 1.29 is 0 Å². The van der Waals surface area contributed by atoms with Crippen molar-refractivity contribution in [3.8, 4) is 0 Å². The molecule has 0 amide bonds. The van der Waals surface area contributed by atoms with Crippen molar-refractivity contribution in [2.75, 3.05) is 13.1 Å². The van der Waals surface area contributed by atoms with Gasteiger partial charge in [0, 0.05) is 18.7 Å². The maximum Gasteiger partial charge on any atom is 0.109 e. The highest BCUT2D eigenvalue weighted by Crippen LogP contribution is 2.16. The molecule has 1 aromatic carbocycles. The van der Waals surface area contributed by atoms with Gasteiger partial charge in [-0.15, -0.1) is 0 Å². The summed E-state index contributed by atoms with van der Waals surface area (Å²) in [6.07, 6.45) is 0. The quantitative estimate of drug-likeness (QED) is 0.730. The Balaban J connectivity index is 2.85. The summed E-state index contributed by atoms with van der Waals surface area (Å²) in [4.78, 5) is 3.17. The minimum absolute atomic E-state index is 0.580. The third-order valence-corrected chi connectivity index (χ3v) is 3.37. The van der Waals surface area contributed by atoms with Gasteiger partial charge in [-0.05, 0) is 25.3 Å². The summed E-state index contributed by atoms with van der Waals surface area (Å²) in [5.74, 6) is 0.580. The van der Waals surface area contributed by atoms with Crippen molar-refractivity contribution in [2.24, 2.45) is 0 Å². The number of hydrogen-bond acceptors (Lipinski definition) is 1. The lowest BCUT2D eigenvalue weighted by Gasteiger charge is -2.22. The van der Waals surface area contributed by atoms with Crippen LogP contribution in [0.5, 0.6) is 0 Å². The monoisotopic (exact) mass is 235 g/mol. The largest absolute Gasteiger partial charge is 0.363 e. The average molecular weight is 235 g/mol. The van der Waals surface area contributed by atoms with Gasteiger partial charge < -0.3 is 4.90 Å². The van der Waals surface area contributed by atoms with E-state index >= 15 is 0 Å². The highest BCUT2D eigenvalue weighted by molar-refractivity contribution is 7.80. The summed E-state index contributed by atoms with van der Waals surface area (Å²) in [5, 5.41) is 0. The second-order valence-corrected chi connectivity index (χ2v) is 4.64. The molecule has 1 nitrogen and oxygen atoms in total. The zero-order chi connectivity index (χ0) is 12.1. The first-order chi connectivity index (χ1) is 7.60. The van der Waals surface area contributed by atoms with E-state index in [1.54, 1.807) is 0 Å². The molecule has 0 radical (unpaired) electrons. The first kappa shape index (κ1) is 13.2. The van der Waals surface area contributed by atoms with Crippen molar-refractivity contribution >= 4 is 17.2 Å². The normalized spacial score (nSPS) is 10.6. The van der Waals surface area contributed by atoms with Crippen LogP contribution >= 0.6 is 12.2 Å². The van der Waals surface area contributed by atoms with E-state index in [1.807, 2.05) is 0 Å². The van der Waals surface area contributed by atoms with Crippen molar-refractivity contribution in [3.63, 3.8) is 0 Å². The Morgan fingerprint density at radius 3 is 2.00 bits per heavy atom. The lowest BCUT2D eigenvalue weighted by Crippen LogP contribution is -2.29. The minimum atomic E-state index is 0.580. The molecule has 0 spiro atoms. The van der Waals surface area contributed by atoms with Gasteiger partial charge in [-0.3, -0.25) is 0 Å². The number of nitrogens with zero attached hydrogens (tertiary/aromatic N) is 1. The van der Waals surface area contributed by atoms with Crippen molar-refractivity contribution in [1.29, 1.82) is 0 Å². The molecular weight excluding hydrogens is 214 g/mol. The molecule has 0 aliphatic rings. The Labute approximate surface area is 104 Å². The van der Waals surface area contributed by atoms with Gasteiger partial charge in [-0.25, -0.2) is 0 Å². The Hall–Kier alpha value is -0.890. The van der Waals surface area contributed by atoms with Crippen molar-refractivity contribution in [3.05, 3.63) is 35.4 Å².